The van der Waals surface area contributed by atoms with Gasteiger partial charge >= 0.3 is 0 Å². The first kappa shape index (κ1) is 33.3. The fraction of sp³-hybridized carbons (Fsp3) is 0.562. The van der Waals surface area contributed by atoms with Crippen molar-refractivity contribution in [1.29, 1.82) is 0 Å². The molecule has 0 radical (unpaired) electrons. The minimum Gasteiger partial charge on any atom is -0.494 e. The molecule has 10 nitrogen and oxygen atoms in total. The van der Waals surface area contributed by atoms with Gasteiger partial charge in [-0.1, -0.05) is 29.0 Å². The first-order valence-corrected chi connectivity index (χ1v) is 16.5. The average Bonchev–Trinajstić information content (AvgIpc) is 3.00. The van der Waals surface area contributed by atoms with Crippen LogP contribution in [0.4, 0.5) is 0 Å². The maximum Gasteiger partial charge on any atom is 0.263 e. The summed E-state index contributed by atoms with van der Waals surface area (Å²) in [5.74, 6) is -0.175. The van der Waals surface area contributed by atoms with E-state index in [4.69, 9.17) is 19.2 Å². The van der Waals surface area contributed by atoms with Crippen molar-refractivity contribution >= 4 is 44.1 Å². The van der Waals surface area contributed by atoms with Gasteiger partial charge in [-0.05, 0) is 67.1 Å². The van der Waals surface area contributed by atoms with Crippen molar-refractivity contribution in [2.75, 3.05) is 52.1 Å². The number of unbranched alkanes of at least 4 members (excludes halogenated alkanes) is 3. The largest absolute Gasteiger partial charge is 0.494 e. The van der Waals surface area contributed by atoms with Crippen LogP contribution in [0.2, 0.25) is 0 Å². The van der Waals surface area contributed by atoms with E-state index in [1.165, 1.54) is 9.13 Å². The highest BCUT2D eigenvalue weighted by atomic mass is 127. The van der Waals surface area contributed by atoms with Crippen LogP contribution < -0.4 is 22.0 Å². The topological polar surface area (TPSA) is 121 Å². The molecule has 2 heterocycles. The Morgan fingerprint density at radius 3 is 2.07 bits per heavy atom. The molecule has 11 heteroatoms. The predicted octanol–water partition coefficient (Wildman–Crippen LogP) is 3.91. The van der Waals surface area contributed by atoms with Gasteiger partial charge in [0.25, 0.3) is 16.7 Å². The van der Waals surface area contributed by atoms with E-state index in [1.807, 2.05) is 6.07 Å². The molecule has 2 aromatic rings. The zero-order valence-electron chi connectivity index (χ0n) is 25.4. The Kier molecular flexibility index (Phi) is 12.3. The minimum atomic E-state index is -0.418. The second kappa shape index (κ2) is 15.9. The summed E-state index contributed by atoms with van der Waals surface area (Å²) in [7, 11) is 4.83. The number of alkyl halides is 1. The lowest BCUT2D eigenvalue weighted by atomic mass is 9.86. The molecule has 1 N–H and O–H groups in total. The molecule has 1 aromatic heterocycles. The van der Waals surface area contributed by atoms with E-state index < -0.39 is 5.56 Å². The van der Waals surface area contributed by atoms with Gasteiger partial charge in [0.15, 0.2) is 0 Å². The van der Waals surface area contributed by atoms with Crippen molar-refractivity contribution in [2.24, 2.45) is 4.99 Å². The standard InChI is InChI=1S/C32H42IN3O7/c1-41-16-8-5-11-21-19-22-27-26-23(30(38)35(14-9-17-42-2)31(39)25(21)26)20-24(34-13-7-4-6-12-33)28(27)32(40)36(29(22)37)15-10-18-43-3/h19-20,37H,4-18H2,1-3H3. The maximum atomic E-state index is 14.1. The molecule has 4 rings (SSSR count). The van der Waals surface area contributed by atoms with Crippen molar-refractivity contribution in [2.45, 2.75) is 64.5 Å². The highest BCUT2D eigenvalue weighted by molar-refractivity contribution is 14.1. The van der Waals surface area contributed by atoms with Crippen LogP contribution in [-0.4, -0.2) is 66.4 Å². The summed E-state index contributed by atoms with van der Waals surface area (Å²) in [4.78, 5) is 46.9. The van der Waals surface area contributed by atoms with Crippen molar-refractivity contribution in [3.8, 4) is 17.0 Å². The van der Waals surface area contributed by atoms with Gasteiger partial charge in [-0.25, -0.2) is 0 Å². The van der Waals surface area contributed by atoms with Crippen LogP contribution >= 0.6 is 22.6 Å². The third-order valence-corrected chi connectivity index (χ3v) is 8.70. The number of hydrogen-bond donors (Lipinski definition) is 1. The van der Waals surface area contributed by atoms with E-state index in [1.54, 1.807) is 27.4 Å². The summed E-state index contributed by atoms with van der Waals surface area (Å²) in [6, 6.07) is 3.51. The Hall–Kier alpha value is -2.61. The molecule has 0 unspecified atom stereocenters. The Morgan fingerprint density at radius 1 is 0.744 bits per heavy atom. The summed E-state index contributed by atoms with van der Waals surface area (Å²) in [6.45, 7) is 2.40. The first-order valence-electron chi connectivity index (χ1n) is 15.0. The van der Waals surface area contributed by atoms with Gasteiger partial charge < -0.3 is 19.3 Å². The number of pyridine rings is 2. The first-order chi connectivity index (χ1) is 20.9. The molecule has 0 atom stereocenters. The second-order valence-corrected chi connectivity index (χ2v) is 11.9. The number of hydrogen-bond acceptors (Lipinski definition) is 8. The smallest absolute Gasteiger partial charge is 0.263 e. The van der Waals surface area contributed by atoms with Crippen LogP contribution in [0.25, 0.3) is 32.7 Å². The van der Waals surface area contributed by atoms with Crippen molar-refractivity contribution in [3.05, 3.63) is 54.1 Å². The predicted molar refractivity (Wildman–Crippen MR) is 178 cm³/mol. The Labute approximate surface area is 264 Å². The number of aromatic nitrogens is 2. The summed E-state index contributed by atoms with van der Waals surface area (Å²) < 4.78 is 19.3. The molecular weight excluding hydrogens is 665 g/mol. The van der Waals surface area contributed by atoms with Gasteiger partial charge in [0.1, 0.15) is 0 Å². The molecule has 0 saturated carbocycles. The number of ether oxygens (including phenoxy) is 3. The third kappa shape index (κ3) is 7.05. The fourth-order valence-electron chi connectivity index (χ4n) is 5.84. The van der Waals surface area contributed by atoms with Gasteiger partial charge in [0.05, 0.1) is 21.7 Å². The lowest BCUT2D eigenvalue weighted by Gasteiger charge is -2.22. The second-order valence-electron chi connectivity index (χ2n) is 10.8. The highest BCUT2D eigenvalue weighted by Gasteiger charge is 2.28. The van der Waals surface area contributed by atoms with E-state index >= 15 is 0 Å². The average molecular weight is 708 g/mol. The number of aryl methyl sites for hydroxylation is 1. The van der Waals surface area contributed by atoms with Gasteiger partial charge in [-0.15, -0.1) is 0 Å². The number of methoxy groups -OCH3 is 3. The van der Waals surface area contributed by atoms with E-state index in [0.29, 0.717) is 83.7 Å². The molecule has 234 valence electrons. The van der Waals surface area contributed by atoms with E-state index in [2.05, 4.69) is 22.6 Å². The molecule has 2 aliphatic rings. The van der Waals surface area contributed by atoms with Gasteiger partial charge in [0, 0.05) is 77.1 Å². The Balaban J connectivity index is 2.11. The Bertz CT molecular complexity index is 1720. The summed E-state index contributed by atoms with van der Waals surface area (Å²) in [6.07, 6.45) is 6.07. The zero-order valence-corrected chi connectivity index (χ0v) is 27.5. The number of halogens is 1. The molecule has 1 aromatic carbocycles. The van der Waals surface area contributed by atoms with Crippen LogP contribution in [0, 0.1) is 0 Å². The van der Waals surface area contributed by atoms with Gasteiger partial charge in [0.2, 0.25) is 5.88 Å². The minimum absolute atomic E-state index is 0.175. The lowest BCUT2D eigenvalue weighted by molar-refractivity contribution is 0.189. The van der Waals surface area contributed by atoms with Crippen molar-refractivity contribution < 1.29 is 19.3 Å². The van der Waals surface area contributed by atoms with Crippen molar-refractivity contribution in [1.82, 2.24) is 9.13 Å². The molecular formula is C32H42IN3O7. The number of aromatic hydroxyl groups is 1. The zero-order chi connectivity index (χ0) is 30.9. The SMILES string of the molecule is COCCCCc1cc2c(O)n(CCCOC)c(=O)c3c(=NCCCCCI)cc4c(=O)n(CCCOC)c(=O)c1c-4c23. The molecule has 43 heavy (non-hydrogen) atoms. The molecule has 1 aliphatic carbocycles. The maximum absolute atomic E-state index is 14.1. The van der Waals surface area contributed by atoms with E-state index in [0.717, 1.165) is 42.1 Å². The number of rotatable bonds is 18. The van der Waals surface area contributed by atoms with Crippen LogP contribution in [-0.2, 0) is 33.7 Å². The molecule has 0 bridgehead atoms. The van der Waals surface area contributed by atoms with Gasteiger partial charge in [-0.3, -0.25) is 28.5 Å². The highest BCUT2D eigenvalue weighted by Crippen LogP contribution is 2.39. The molecule has 0 fully saturated rings. The molecule has 0 saturated heterocycles. The summed E-state index contributed by atoms with van der Waals surface area (Å²) in [5.41, 5.74) is 0.322. The normalized spacial score (nSPS) is 12.5. The van der Waals surface area contributed by atoms with Crippen molar-refractivity contribution in [3.63, 3.8) is 0 Å². The summed E-state index contributed by atoms with van der Waals surface area (Å²) in [5, 5.41) is 13.6. The molecule has 0 amide bonds. The van der Waals surface area contributed by atoms with Gasteiger partial charge in [-0.2, -0.15) is 0 Å². The quantitative estimate of drug-likeness (QED) is 0.0721. The third-order valence-electron chi connectivity index (χ3n) is 7.93. The van der Waals surface area contributed by atoms with Crippen LogP contribution in [0.15, 0.2) is 31.5 Å². The fourth-order valence-corrected chi connectivity index (χ4v) is 6.38. The molecule has 1 aliphatic heterocycles. The van der Waals surface area contributed by atoms with E-state index in [9.17, 15) is 19.5 Å². The molecule has 0 spiro atoms. The van der Waals surface area contributed by atoms with Crippen LogP contribution in [0.3, 0.4) is 0 Å². The van der Waals surface area contributed by atoms with E-state index in [-0.39, 0.29) is 30.1 Å². The van der Waals surface area contributed by atoms with Crippen LogP contribution in [0.1, 0.15) is 50.5 Å². The lowest BCUT2D eigenvalue weighted by Crippen LogP contribution is -2.37. The Morgan fingerprint density at radius 2 is 1.40 bits per heavy atom. The summed E-state index contributed by atoms with van der Waals surface area (Å²) >= 11 is 2.35. The number of benzene rings is 2. The number of nitrogens with zero attached hydrogens (tertiary/aromatic N) is 3. The monoisotopic (exact) mass is 707 g/mol. The van der Waals surface area contributed by atoms with Crippen LogP contribution in [0.5, 0.6) is 5.88 Å².